The van der Waals surface area contributed by atoms with Crippen LogP contribution in [-0.2, 0) is 4.74 Å². The van der Waals surface area contributed by atoms with E-state index in [4.69, 9.17) is 4.74 Å². The summed E-state index contributed by atoms with van der Waals surface area (Å²) in [5.74, 6) is -0.216. The topological polar surface area (TPSA) is 71.5 Å². The lowest BCUT2D eigenvalue weighted by molar-refractivity contribution is -0.237. The maximum absolute atomic E-state index is 12.1. The van der Waals surface area contributed by atoms with Gasteiger partial charge < -0.3 is 15.2 Å². The van der Waals surface area contributed by atoms with Crippen LogP contribution < -0.4 is 5.32 Å². The van der Waals surface area contributed by atoms with Gasteiger partial charge in [0, 0.05) is 36.9 Å². The lowest BCUT2D eigenvalue weighted by Crippen LogP contribution is -2.68. The number of carbonyl (C=O) groups excluding carboxylic acids is 1. The number of hydrogen-bond acceptors (Lipinski definition) is 4. The second-order valence-corrected chi connectivity index (χ2v) is 6.27. The minimum Gasteiger partial charge on any atom is -0.387 e. The molecule has 1 aliphatic carbocycles. The number of carbonyl (C=O) groups is 1. The molecular weight excluding hydrogens is 268 g/mol. The SMILES string of the molecule is CCO[C@@H]1C[C@@](O)(CNC(=O)c2ccc(C)nc2)C1(C)C. The molecule has 0 unspecified atom stereocenters. The monoisotopic (exact) mass is 292 g/mol. The molecule has 0 aromatic carbocycles. The molecule has 116 valence electrons. The lowest BCUT2D eigenvalue weighted by Gasteiger charge is -2.57. The summed E-state index contributed by atoms with van der Waals surface area (Å²) in [5.41, 5.74) is 0.0650. The van der Waals surface area contributed by atoms with Crippen molar-refractivity contribution >= 4 is 5.91 Å². The highest BCUT2D eigenvalue weighted by molar-refractivity contribution is 5.93. The third kappa shape index (κ3) is 2.94. The van der Waals surface area contributed by atoms with Crippen molar-refractivity contribution in [3.8, 4) is 0 Å². The van der Waals surface area contributed by atoms with Crippen molar-refractivity contribution in [3.63, 3.8) is 0 Å². The summed E-state index contributed by atoms with van der Waals surface area (Å²) in [6.07, 6.45) is 2.12. The average molecular weight is 292 g/mol. The fraction of sp³-hybridized carbons (Fsp3) is 0.625. The normalized spacial score (nSPS) is 27.0. The second-order valence-electron chi connectivity index (χ2n) is 6.27. The summed E-state index contributed by atoms with van der Waals surface area (Å²) in [6, 6.07) is 3.53. The zero-order valence-corrected chi connectivity index (χ0v) is 13.1. The number of amides is 1. The molecule has 1 aliphatic rings. The van der Waals surface area contributed by atoms with Crippen molar-refractivity contribution < 1.29 is 14.6 Å². The number of pyridine rings is 1. The molecule has 2 rings (SSSR count). The molecule has 1 fully saturated rings. The van der Waals surface area contributed by atoms with Crippen LogP contribution >= 0.6 is 0 Å². The van der Waals surface area contributed by atoms with Crippen molar-refractivity contribution in [2.75, 3.05) is 13.2 Å². The van der Waals surface area contributed by atoms with Crippen LogP contribution in [0.2, 0.25) is 0 Å². The van der Waals surface area contributed by atoms with Crippen LogP contribution in [0.1, 0.15) is 43.2 Å². The van der Waals surface area contributed by atoms with Crippen LogP contribution in [0.5, 0.6) is 0 Å². The van der Waals surface area contributed by atoms with Crippen LogP contribution in [-0.4, -0.2) is 40.9 Å². The van der Waals surface area contributed by atoms with Gasteiger partial charge in [0.2, 0.25) is 0 Å². The van der Waals surface area contributed by atoms with Gasteiger partial charge in [-0.1, -0.05) is 13.8 Å². The van der Waals surface area contributed by atoms with Gasteiger partial charge in [0.25, 0.3) is 5.91 Å². The van der Waals surface area contributed by atoms with Gasteiger partial charge in [0.05, 0.1) is 17.3 Å². The van der Waals surface area contributed by atoms with E-state index in [2.05, 4.69) is 10.3 Å². The molecule has 0 spiro atoms. The first-order valence-corrected chi connectivity index (χ1v) is 7.35. The molecule has 0 saturated heterocycles. The zero-order chi connectivity index (χ0) is 15.7. The fourth-order valence-electron chi connectivity index (χ4n) is 2.69. The summed E-state index contributed by atoms with van der Waals surface area (Å²) >= 11 is 0. The number of ether oxygens (including phenoxy) is 1. The number of hydrogen-bond donors (Lipinski definition) is 2. The van der Waals surface area contributed by atoms with E-state index in [-0.39, 0.29) is 24.0 Å². The minimum absolute atomic E-state index is 0.0328. The third-order valence-electron chi connectivity index (χ3n) is 4.61. The first-order valence-electron chi connectivity index (χ1n) is 7.35. The minimum atomic E-state index is -0.930. The smallest absolute Gasteiger partial charge is 0.252 e. The molecule has 5 nitrogen and oxygen atoms in total. The van der Waals surface area contributed by atoms with E-state index >= 15 is 0 Å². The van der Waals surface area contributed by atoms with Gasteiger partial charge in [0.1, 0.15) is 0 Å². The molecule has 0 bridgehead atoms. The van der Waals surface area contributed by atoms with Crippen molar-refractivity contribution in [2.45, 2.75) is 45.8 Å². The summed E-state index contributed by atoms with van der Waals surface area (Å²) in [7, 11) is 0. The van der Waals surface area contributed by atoms with E-state index < -0.39 is 5.60 Å². The summed E-state index contributed by atoms with van der Waals surface area (Å²) in [5, 5.41) is 13.5. The fourth-order valence-corrected chi connectivity index (χ4v) is 2.69. The molecule has 0 aliphatic heterocycles. The highest BCUT2D eigenvalue weighted by Gasteiger charge is 2.59. The maximum Gasteiger partial charge on any atom is 0.252 e. The molecule has 2 atom stereocenters. The van der Waals surface area contributed by atoms with E-state index in [0.29, 0.717) is 18.6 Å². The molecule has 1 heterocycles. The van der Waals surface area contributed by atoms with Gasteiger partial charge in [-0.3, -0.25) is 9.78 Å². The van der Waals surface area contributed by atoms with E-state index in [1.165, 1.54) is 0 Å². The van der Waals surface area contributed by atoms with E-state index in [1.54, 1.807) is 18.3 Å². The largest absolute Gasteiger partial charge is 0.387 e. The van der Waals surface area contributed by atoms with Crippen molar-refractivity contribution in [3.05, 3.63) is 29.6 Å². The Morgan fingerprint density at radius 1 is 1.52 bits per heavy atom. The van der Waals surface area contributed by atoms with Crippen LogP contribution in [0.3, 0.4) is 0 Å². The second kappa shape index (κ2) is 5.73. The summed E-state index contributed by atoms with van der Waals surface area (Å²) in [4.78, 5) is 16.2. The Labute approximate surface area is 125 Å². The molecule has 21 heavy (non-hydrogen) atoms. The van der Waals surface area contributed by atoms with Crippen LogP contribution in [0.25, 0.3) is 0 Å². The predicted octanol–water partition coefficient (Wildman–Crippen LogP) is 1.69. The Morgan fingerprint density at radius 3 is 2.76 bits per heavy atom. The van der Waals surface area contributed by atoms with Gasteiger partial charge in [-0.2, -0.15) is 0 Å². The number of rotatable bonds is 5. The molecule has 1 saturated carbocycles. The molecule has 1 aromatic heterocycles. The van der Waals surface area contributed by atoms with E-state index in [9.17, 15) is 9.90 Å². The number of nitrogens with zero attached hydrogens (tertiary/aromatic N) is 1. The predicted molar refractivity (Wildman–Crippen MR) is 80.1 cm³/mol. The van der Waals surface area contributed by atoms with Crippen LogP contribution in [0, 0.1) is 12.3 Å². The van der Waals surface area contributed by atoms with Gasteiger partial charge >= 0.3 is 0 Å². The Hall–Kier alpha value is -1.46. The van der Waals surface area contributed by atoms with Gasteiger partial charge in [0.15, 0.2) is 0 Å². The molecule has 1 aromatic rings. The van der Waals surface area contributed by atoms with Gasteiger partial charge in [-0.05, 0) is 26.0 Å². The first-order chi connectivity index (χ1) is 9.80. The Kier molecular flexibility index (Phi) is 4.35. The molecule has 0 radical (unpaired) electrons. The van der Waals surface area contributed by atoms with Gasteiger partial charge in [-0.15, -0.1) is 0 Å². The van der Waals surface area contributed by atoms with Crippen molar-refractivity contribution in [2.24, 2.45) is 5.41 Å². The molecule has 2 N–H and O–H groups in total. The van der Waals surface area contributed by atoms with Crippen LogP contribution in [0.15, 0.2) is 18.3 Å². The molecular formula is C16H24N2O3. The van der Waals surface area contributed by atoms with E-state index in [1.807, 2.05) is 27.7 Å². The number of aromatic nitrogens is 1. The summed E-state index contributed by atoms with van der Waals surface area (Å²) in [6.45, 7) is 8.60. The number of nitrogens with one attached hydrogen (secondary N) is 1. The maximum atomic E-state index is 12.1. The van der Waals surface area contributed by atoms with Crippen molar-refractivity contribution in [1.29, 1.82) is 0 Å². The van der Waals surface area contributed by atoms with Crippen molar-refractivity contribution in [1.82, 2.24) is 10.3 Å². The molecule has 5 heteroatoms. The Bertz CT molecular complexity index is 513. The Balaban J connectivity index is 1.94. The van der Waals surface area contributed by atoms with E-state index in [0.717, 1.165) is 5.69 Å². The quantitative estimate of drug-likeness (QED) is 0.866. The van der Waals surface area contributed by atoms with Gasteiger partial charge in [-0.25, -0.2) is 0 Å². The molecule has 1 amide bonds. The highest BCUT2D eigenvalue weighted by Crippen LogP contribution is 2.50. The zero-order valence-electron chi connectivity index (χ0n) is 13.1. The Morgan fingerprint density at radius 2 is 2.24 bits per heavy atom. The first kappa shape index (κ1) is 15.9. The lowest BCUT2D eigenvalue weighted by atomic mass is 9.56. The standard InChI is InChI=1S/C16H24N2O3/c1-5-21-13-8-16(20,15(13,3)4)10-18-14(19)12-7-6-11(2)17-9-12/h6-7,9,13,20H,5,8,10H2,1-4H3,(H,18,19)/t13-,16-/m1/s1. The average Bonchev–Trinajstić information content (AvgIpc) is 2.45. The third-order valence-corrected chi connectivity index (χ3v) is 4.61. The highest BCUT2D eigenvalue weighted by atomic mass is 16.5. The number of aliphatic hydroxyl groups is 1. The van der Waals surface area contributed by atoms with Crippen LogP contribution in [0.4, 0.5) is 0 Å². The summed E-state index contributed by atoms with van der Waals surface area (Å²) < 4.78 is 5.61. The number of aryl methyl sites for hydroxylation is 1.